The molecule has 112 valence electrons. The van der Waals surface area contributed by atoms with Gasteiger partial charge in [-0.15, -0.1) is 0 Å². The second-order valence-corrected chi connectivity index (χ2v) is 5.57. The van der Waals surface area contributed by atoms with Crippen molar-refractivity contribution in [2.75, 3.05) is 0 Å². The molecule has 3 N–H and O–H groups in total. The maximum absolute atomic E-state index is 11.0. The number of rotatable bonds is 4. The SMILES string of the molecule is CC(Cc1ccc(O)c(-c2ccc3[nH]ccc3c2)c1)C(=O)O. The highest BCUT2D eigenvalue weighted by Gasteiger charge is 2.13. The van der Waals surface area contributed by atoms with Gasteiger partial charge in [-0.1, -0.05) is 19.1 Å². The Hall–Kier alpha value is -2.75. The summed E-state index contributed by atoms with van der Waals surface area (Å²) in [4.78, 5) is 14.1. The first-order valence-corrected chi connectivity index (χ1v) is 7.17. The van der Waals surface area contributed by atoms with Gasteiger partial charge < -0.3 is 15.2 Å². The summed E-state index contributed by atoms with van der Waals surface area (Å²) in [5, 5.41) is 20.2. The Kier molecular flexibility index (Phi) is 3.59. The highest BCUT2D eigenvalue weighted by Crippen LogP contribution is 2.32. The van der Waals surface area contributed by atoms with Gasteiger partial charge in [0.25, 0.3) is 0 Å². The molecule has 0 saturated carbocycles. The molecule has 4 nitrogen and oxygen atoms in total. The quantitative estimate of drug-likeness (QED) is 0.685. The fourth-order valence-electron chi connectivity index (χ4n) is 2.60. The molecule has 3 rings (SSSR count). The Morgan fingerprint density at radius 2 is 2.00 bits per heavy atom. The number of fused-ring (bicyclic) bond motifs is 1. The first-order chi connectivity index (χ1) is 10.5. The van der Waals surface area contributed by atoms with Crippen molar-refractivity contribution in [3.63, 3.8) is 0 Å². The Balaban J connectivity index is 2.00. The highest BCUT2D eigenvalue weighted by atomic mass is 16.4. The summed E-state index contributed by atoms with van der Waals surface area (Å²) in [6, 6.07) is 13.2. The van der Waals surface area contributed by atoms with E-state index in [0.717, 1.165) is 27.6 Å². The van der Waals surface area contributed by atoms with Gasteiger partial charge in [0.05, 0.1) is 5.92 Å². The van der Waals surface area contributed by atoms with Crippen LogP contribution < -0.4 is 0 Å². The maximum Gasteiger partial charge on any atom is 0.306 e. The predicted molar refractivity (Wildman–Crippen MR) is 85.9 cm³/mol. The third-order valence-corrected chi connectivity index (χ3v) is 3.89. The number of hydrogen-bond donors (Lipinski definition) is 3. The number of carbonyl (C=O) groups is 1. The van der Waals surface area contributed by atoms with Crippen LogP contribution in [-0.4, -0.2) is 21.2 Å². The molecule has 0 aliphatic heterocycles. The van der Waals surface area contributed by atoms with E-state index in [1.54, 1.807) is 19.1 Å². The Bertz CT molecular complexity index is 835. The summed E-state index contributed by atoms with van der Waals surface area (Å²) in [6.45, 7) is 1.68. The lowest BCUT2D eigenvalue weighted by molar-refractivity contribution is -0.141. The first kappa shape index (κ1) is 14.2. The molecule has 2 aromatic carbocycles. The van der Waals surface area contributed by atoms with E-state index in [1.807, 2.05) is 36.5 Å². The lowest BCUT2D eigenvalue weighted by Crippen LogP contribution is -2.12. The molecule has 22 heavy (non-hydrogen) atoms. The molecular formula is C18H17NO3. The second kappa shape index (κ2) is 5.56. The van der Waals surface area contributed by atoms with E-state index in [-0.39, 0.29) is 5.75 Å². The number of phenolic OH excluding ortho intramolecular Hbond substituents is 1. The van der Waals surface area contributed by atoms with Crippen LogP contribution in [0.1, 0.15) is 12.5 Å². The van der Waals surface area contributed by atoms with Gasteiger partial charge in [0, 0.05) is 17.3 Å². The summed E-state index contributed by atoms with van der Waals surface area (Å²) >= 11 is 0. The number of nitrogens with one attached hydrogen (secondary N) is 1. The average Bonchev–Trinajstić information content (AvgIpc) is 2.96. The summed E-state index contributed by atoms with van der Waals surface area (Å²) in [6.07, 6.45) is 2.31. The largest absolute Gasteiger partial charge is 0.507 e. The minimum Gasteiger partial charge on any atom is -0.507 e. The summed E-state index contributed by atoms with van der Waals surface area (Å²) in [7, 11) is 0. The van der Waals surface area contributed by atoms with Gasteiger partial charge in [0.15, 0.2) is 0 Å². The van der Waals surface area contributed by atoms with E-state index < -0.39 is 11.9 Å². The average molecular weight is 295 g/mol. The molecule has 0 radical (unpaired) electrons. The van der Waals surface area contributed by atoms with Crippen molar-refractivity contribution in [3.05, 3.63) is 54.2 Å². The van der Waals surface area contributed by atoms with Crippen molar-refractivity contribution < 1.29 is 15.0 Å². The number of benzene rings is 2. The number of carboxylic acid groups (broad SMARTS) is 1. The Morgan fingerprint density at radius 1 is 1.18 bits per heavy atom. The zero-order valence-corrected chi connectivity index (χ0v) is 12.2. The number of phenols is 1. The standard InChI is InChI=1S/C18H17NO3/c1-11(18(21)22)8-12-2-5-17(20)15(9-12)13-3-4-16-14(10-13)6-7-19-16/h2-7,9-11,19-20H,8H2,1H3,(H,21,22). The lowest BCUT2D eigenvalue weighted by Gasteiger charge is -2.10. The molecule has 4 heteroatoms. The van der Waals surface area contributed by atoms with Crippen LogP contribution in [0.3, 0.4) is 0 Å². The van der Waals surface area contributed by atoms with Gasteiger partial charge in [0.2, 0.25) is 0 Å². The van der Waals surface area contributed by atoms with E-state index in [9.17, 15) is 9.90 Å². The number of aromatic nitrogens is 1. The van der Waals surface area contributed by atoms with Crippen LogP contribution in [0, 0.1) is 5.92 Å². The zero-order valence-electron chi connectivity index (χ0n) is 12.2. The molecule has 1 aromatic heterocycles. The van der Waals surface area contributed by atoms with Crippen LogP contribution in [0.4, 0.5) is 0 Å². The molecule has 0 aliphatic rings. The molecule has 3 aromatic rings. The van der Waals surface area contributed by atoms with E-state index in [2.05, 4.69) is 4.98 Å². The van der Waals surface area contributed by atoms with E-state index >= 15 is 0 Å². The Morgan fingerprint density at radius 3 is 2.77 bits per heavy atom. The van der Waals surface area contributed by atoms with Gasteiger partial charge in [0.1, 0.15) is 5.75 Å². The molecule has 1 unspecified atom stereocenters. The molecule has 0 saturated heterocycles. The van der Waals surface area contributed by atoms with Gasteiger partial charge in [-0.2, -0.15) is 0 Å². The van der Waals surface area contributed by atoms with Crippen molar-refractivity contribution in [3.8, 4) is 16.9 Å². The van der Waals surface area contributed by atoms with Crippen LogP contribution in [0.25, 0.3) is 22.0 Å². The molecule has 0 amide bonds. The molecule has 0 spiro atoms. The molecule has 1 atom stereocenters. The van der Waals surface area contributed by atoms with Crippen LogP contribution in [0.15, 0.2) is 48.7 Å². The predicted octanol–water partition coefficient (Wildman–Crippen LogP) is 3.80. The molecular weight excluding hydrogens is 278 g/mol. The number of aromatic hydroxyl groups is 1. The zero-order chi connectivity index (χ0) is 15.7. The smallest absolute Gasteiger partial charge is 0.306 e. The fraction of sp³-hybridized carbons (Fsp3) is 0.167. The summed E-state index contributed by atoms with van der Waals surface area (Å²) in [5.41, 5.74) is 3.57. The number of H-pyrrole nitrogens is 1. The minimum atomic E-state index is -0.816. The van der Waals surface area contributed by atoms with Crippen molar-refractivity contribution >= 4 is 16.9 Å². The van der Waals surface area contributed by atoms with Gasteiger partial charge in [-0.25, -0.2) is 0 Å². The van der Waals surface area contributed by atoms with Crippen LogP contribution in [-0.2, 0) is 11.2 Å². The topological polar surface area (TPSA) is 73.3 Å². The third-order valence-electron chi connectivity index (χ3n) is 3.89. The van der Waals surface area contributed by atoms with Gasteiger partial charge in [-0.05, 0) is 53.3 Å². The lowest BCUT2D eigenvalue weighted by atomic mass is 9.96. The number of aromatic amines is 1. The normalized spacial score (nSPS) is 12.4. The third kappa shape index (κ3) is 2.68. The fourth-order valence-corrected chi connectivity index (χ4v) is 2.60. The number of carboxylic acids is 1. The monoisotopic (exact) mass is 295 g/mol. The summed E-state index contributed by atoms with van der Waals surface area (Å²) in [5.74, 6) is -1.07. The van der Waals surface area contributed by atoms with E-state index in [0.29, 0.717) is 6.42 Å². The van der Waals surface area contributed by atoms with Crippen LogP contribution in [0.2, 0.25) is 0 Å². The number of hydrogen-bond acceptors (Lipinski definition) is 2. The Labute approximate surface area is 128 Å². The van der Waals surface area contributed by atoms with Gasteiger partial charge >= 0.3 is 5.97 Å². The highest BCUT2D eigenvalue weighted by molar-refractivity contribution is 5.86. The second-order valence-electron chi connectivity index (χ2n) is 5.57. The van der Waals surface area contributed by atoms with Crippen LogP contribution in [0.5, 0.6) is 5.75 Å². The van der Waals surface area contributed by atoms with E-state index in [1.165, 1.54) is 0 Å². The van der Waals surface area contributed by atoms with E-state index in [4.69, 9.17) is 5.11 Å². The van der Waals surface area contributed by atoms with Crippen molar-refractivity contribution in [2.24, 2.45) is 5.92 Å². The van der Waals surface area contributed by atoms with Crippen molar-refractivity contribution in [1.82, 2.24) is 4.98 Å². The maximum atomic E-state index is 11.0. The molecule has 0 fully saturated rings. The summed E-state index contributed by atoms with van der Waals surface area (Å²) < 4.78 is 0. The molecule has 1 heterocycles. The van der Waals surface area contributed by atoms with Crippen molar-refractivity contribution in [1.29, 1.82) is 0 Å². The van der Waals surface area contributed by atoms with Crippen LogP contribution >= 0.6 is 0 Å². The first-order valence-electron chi connectivity index (χ1n) is 7.17. The minimum absolute atomic E-state index is 0.196. The molecule has 0 bridgehead atoms. The number of aliphatic carboxylic acids is 1. The van der Waals surface area contributed by atoms with Gasteiger partial charge in [-0.3, -0.25) is 4.79 Å². The molecule has 0 aliphatic carbocycles. The van der Waals surface area contributed by atoms with Crippen molar-refractivity contribution in [2.45, 2.75) is 13.3 Å².